The number of piperidine rings is 1. The van der Waals surface area contributed by atoms with Gasteiger partial charge in [0.1, 0.15) is 11.3 Å². The quantitative estimate of drug-likeness (QED) is 0.810. The number of alkyl halides is 1. The van der Waals surface area contributed by atoms with Crippen LogP contribution in [0.15, 0.2) is 12.1 Å². The van der Waals surface area contributed by atoms with Crippen LogP contribution in [0.5, 0.6) is 0 Å². The fraction of sp³-hybridized carbons (Fsp3) is 0.625. The molecule has 4 nitrogen and oxygen atoms in total. The van der Waals surface area contributed by atoms with Gasteiger partial charge in [0.25, 0.3) is 0 Å². The average molecular weight is 307 g/mol. The molecule has 0 atom stereocenters. The number of imidazole rings is 1. The van der Waals surface area contributed by atoms with Crippen molar-refractivity contribution in [2.45, 2.75) is 45.0 Å². The monoisotopic (exact) mass is 306 g/mol. The molecule has 0 unspecified atom stereocenters. The van der Waals surface area contributed by atoms with Crippen LogP contribution >= 0.6 is 11.6 Å². The van der Waals surface area contributed by atoms with Crippen LogP contribution in [-0.4, -0.2) is 39.1 Å². The fourth-order valence-electron chi connectivity index (χ4n) is 3.31. The number of rotatable bonds is 4. The minimum Gasteiger partial charge on any atom is -0.308 e. The Bertz CT molecular complexity index is 614. The van der Waals surface area contributed by atoms with E-state index in [1.54, 1.807) is 0 Å². The van der Waals surface area contributed by atoms with Crippen LogP contribution in [0.1, 0.15) is 43.7 Å². The first kappa shape index (κ1) is 14.8. The summed E-state index contributed by atoms with van der Waals surface area (Å²) in [5.74, 6) is 1.41. The summed E-state index contributed by atoms with van der Waals surface area (Å²) in [5.41, 5.74) is 3.00. The molecule has 21 heavy (non-hydrogen) atoms. The van der Waals surface area contributed by atoms with Crippen molar-refractivity contribution in [2.75, 3.05) is 19.6 Å². The molecule has 1 aliphatic heterocycles. The summed E-state index contributed by atoms with van der Waals surface area (Å²) in [6.07, 6.45) is 3.54. The summed E-state index contributed by atoms with van der Waals surface area (Å²) < 4.78 is 2.29. The van der Waals surface area contributed by atoms with E-state index in [1.807, 2.05) is 13.0 Å². The number of halogens is 1. The van der Waals surface area contributed by atoms with Crippen LogP contribution in [-0.2, 0) is 5.88 Å². The van der Waals surface area contributed by atoms with E-state index >= 15 is 0 Å². The highest BCUT2D eigenvalue weighted by Crippen LogP contribution is 2.28. The van der Waals surface area contributed by atoms with Crippen molar-refractivity contribution in [3.8, 4) is 0 Å². The summed E-state index contributed by atoms with van der Waals surface area (Å²) in [5, 5.41) is 0. The lowest BCUT2D eigenvalue weighted by molar-refractivity contribution is 0.187. The highest BCUT2D eigenvalue weighted by atomic mass is 35.5. The molecule has 3 heterocycles. The number of aromatic nitrogens is 3. The summed E-state index contributed by atoms with van der Waals surface area (Å²) in [6.45, 7) is 7.79. The standard InChI is InChI=1S/C16H23ClN4/c1-3-8-20-9-6-13(7-10-20)21-15(11-17)19-14-5-4-12(2)18-16(14)21/h4-5,13H,3,6-11H2,1-2H3. The van der Waals surface area contributed by atoms with Gasteiger partial charge in [0.2, 0.25) is 0 Å². The number of pyridine rings is 1. The maximum Gasteiger partial charge on any atom is 0.160 e. The summed E-state index contributed by atoms with van der Waals surface area (Å²) in [6, 6.07) is 4.55. The minimum absolute atomic E-state index is 0.449. The van der Waals surface area contributed by atoms with Gasteiger partial charge in [-0.2, -0.15) is 0 Å². The molecule has 0 spiro atoms. The van der Waals surface area contributed by atoms with Crippen molar-refractivity contribution in [1.29, 1.82) is 0 Å². The number of aryl methyl sites for hydroxylation is 1. The molecule has 0 bridgehead atoms. The lowest BCUT2D eigenvalue weighted by Crippen LogP contribution is -2.35. The van der Waals surface area contributed by atoms with E-state index in [1.165, 1.54) is 13.0 Å². The number of likely N-dealkylation sites (tertiary alicyclic amines) is 1. The number of nitrogens with zero attached hydrogens (tertiary/aromatic N) is 4. The molecule has 2 aromatic heterocycles. The van der Waals surface area contributed by atoms with E-state index in [0.29, 0.717) is 11.9 Å². The fourth-order valence-corrected chi connectivity index (χ4v) is 3.50. The van der Waals surface area contributed by atoms with Crippen LogP contribution in [0.4, 0.5) is 0 Å². The molecule has 0 aliphatic carbocycles. The van der Waals surface area contributed by atoms with Crippen molar-refractivity contribution in [3.63, 3.8) is 0 Å². The molecular weight excluding hydrogens is 284 g/mol. The first-order chi connectivity index (χ1) is 10.2. The van der Waals surface area contributed by atoms with Gasteiger partial charge < -0.3 is 9.47 Å². The highest BCUT2D eigenvalue weighted by Gasteiger charge is 2.24. The second-order valence-electron chi connectivity index (χ2n) is 5.90. The molecule has 114 valence electrons. The predicted octanol–water partition coefficient (Wildman–Crippen LogP) is 3.53. The molecule has 0 amide bonds. The van der Waals surface area contributed by atoms with Crippen molar-refractivity contribution in [3.05, 3.63) is 23.7 Å². The molecule has 3 rings (SSSR count). The van der Waals surface area contributed by atoms with E-state index in [-0.39, 0.29) is 0 Å². The Kier molecular flexibility index (Phi) is 4.45. The number of hydrogen-bond acceptors (Lipinski definition) is 3. The van der Waals surface area contributed by atoms with Gasteiger partial charge in [-0.1, -0.05) is 6.92 Å². The van der Waals surface area contributed by atoms with E-state index in [4.69, 9.17) is 16.6 Å². The normalized spacial score (nSPS) is 17.7. The van der Waals surface area contributed by atoms with E-state index < -0.39 is 0 Å². The van der Waals surface area contributed by atoms with Gasteiger partial charge in [0, 0.05) is 24.8 Å². The molecule has 5 heteroatoms. The second-order valence-corrected chi connectivity index (χ2v) is 6.17. The molecule has 0 saturated carbocycles. The molecule has 2 aromatic rings. The zero-order valence-corrected chi connectivity index (χ0v) is 13.6. The average Bonchev–Trinajstić information content (AvgIpc) is 2.86. The van der Waals surface area contributed by atoms with E-state index in [0.717, 1.165) is 48.6 Å². The van der Waals surface area contributed by atoms with E-state index in [9.17, 15) is 0 Å². The highest BCUT2D eigenvalue weighted by molar-refractivity contribution is 6.16. The molecule has 1 saturated heterocycles. The molecule has 0 N–H and O–H groups in total. The number of hydrogen-bond donors (Lipinski definition) is 0. The maximum atomic E-state index is 6.12. The first-order valence-electron chi connectivity index (χ1n) is 7.85. The maximum absolute atomic E-state index is 6.12. The van der Waals surface area contributed by atoms with Gasteiger partial charge >= 0.3 is 0 Å². The van der Waals surface area contributed by atoms with Gasteiger partial charge in [-0.05, 0) is 44.9 Å². The van der Waals surface area contributed by atoms with Gasteiger partial charge in [0.05, 0.1) is 5.88 Å². The van der Waals surface area contributed by atoms with Gasteiger partial charge in [-0.25, -0.2) is 9.97 Å². The lowest BCUT2D eigenvalue weighted by atomic mass is 10.0. The van der Waals surface area contributed by atoms with Gasteiger partial charge in [-0.3, -0.25) is 0 Å². The van der Waals surface area contributed by atoms with Crippen molar-refractivity contribution in [2.24, 2.45) is 0 Å². The van der Waals surface area contributed by atoms with Gasteiger partial charge in [-0.15, -0.1) is 11.6 Å². The topological polar surface area (TPSA) is 34.0 Å². The molecule has 0 aromatic carbocycles. The third-order valence-corrected chi connectivity index (χ3v) is 4.57. The Labute approximate surface area is 131 Å². The lowest BCUT2D eigenvalue weighted by Gasteiger charge is -2.33. The predicted molar refractivity (Wildman–Crippen MR) is 86.8 cm³/mol. The Morgan fingerprint density at radius 3 is 2.67 bits per heavy atom. The Morgan fingerprint density at radius 1 is 1.24 bits per heavy atom. The zero-order valence-electron chi connectivity index (χ0n) is 12.8. The third kappa shape index (κ3) is 2.92. The summed E-state index contributed by atoms with van der Waals surface area (Å²) in [7, 11) is 0. The Balaban J connectivity index is 1.91. The van der Waals surface area contributed by atoms with E-state index in [2.05, 4.69) is 27.4 Å². The second kappa shape index (κ2) is 6.32. The molecule has 1 fully saturated rings. The smallest absolute Gasteiger partial charge is 0.160 e. The summed E-state index contributed by atoms with van der Waals surface area (Å²) >= 11 is 6.12. The van der Waals surface area contributed by atoms with Crippen molar-refractivity contribution >= 4 is 22.8 Å². The largest absolute Gasteiger partial charge is 0.308 e. The number of fused-ring (bicyclic) bond motifs is 1. The minimum atomic E-state index is 0.449. The summed E-state index contributed by atoms with van der Waals surface area (Å²) in [4.78, 5) is 11.9. The van der Waals surface area contributed by atoms with Crippen LogP contribution in [0.25, 0.3) is 11.2 Å². The van der Waals surface area contributed by atoms with Crippen LogP contribution in [0, 0.1) is 6.92 Å². The first-order valence-corrected chi connectivity index (χ1v) is 8.39. The van der Waals surface area contributed by atoms with Crippen LogP contribution in [0.2, 0.25) is 0 Å². The Hall–Kier alpha value is -1.13. The zero-order chi connectivity index (χ0) is 14.8. The van der Waals surface area contributed by atoms with Crippen LogP contribution in [0.3, 0.4) is 0 Å². The molecule has 1 aliphatic rings. The van der Waals surface area contributed by atoms with Crippen molar-refractivity contribution in [1.82, 2.24) is 19.4 Å². The van der Waals surface area contributed by atoms with Gasteiger partial charge in [0.15, 0.2) is 5.65 Å². The Morgan fingerprint density at radius 2 is 2.00 bits per heavy atom. The van der Waals surface area contributed by atoms with Crippen molar-refractivity contribution < 1.29 is 0 Å². The third-order valence-electron chi connectivity index (χ3n) is 4.33. The molecular formula is C16H23ClN4. The molecule has 0 radical (unpaired) electrons. The van der Waals surface area contributed by atoms with Crippen LogP contribution < -0.4 is 0 Å². The SMILES string of the molecule is CCCN1CCC(n2c(CCl)nc3ccc(C)nc32)CC1.